The molecule has 6 nitrogen and oxygen atoms in total. The van der Waals surface area contributed by atoms with E-state index in [1.807, 2.05) is 12.1 Å². The minimum Gasteiger partial charge on any atom is -0.461 e. The molecule has 0 N–H and O–H groups in total. The summed E-state index contributed by atoms with van der Waals surface area (Å²) in [6, 6.07) is 7.06. The standard InChI is InChI=1S/C60H112N2O4/c1-5-9-13-17-21-25-29-33-37-43-49-61(50-44-38-34-30-26-22-18-14-10-6-2)53-55-65-59(63)57-47-41-42-48-58(57)60(64)66-56-54-62(51-45-39-35-31-27-23-19-15-11-7-3)52-46-40-36-32-28-24-20-16-12-8-4/h41-42,47-48H,5-40,43-46,49-56H2,1-4H3. The van der Waals surface area contributed by atoms with Crippen LogP contribution in [0.2, 0.25) is 0 Å². The number of hydrogen-bond donors (Lipinski definition) is 0. The Hall–Kier alpha value is -1.92. The monoisotopic (exact) mass is 925 g/mol. The Labute approximate surface area is 411 Å². The van der Waals surface area contributed by atoms with Crippen molar-refractivity contribution < 1.29 is 19.1 Å². The second-order valence-corrected chi connectivity index (χ2v) is 20.2. The van der Waals surface area contributed by atoms with Gasteiger partial charge in [-0.25, -0.2) is 9.59 Å². The molecule has 0 radical (unpaired) electrons. The molecule has 0 bridgehead atoms. The quantitative estimate of drug-likeness (QED) is 0.0479. The number of esters is 2. The number of benzene rings is 1. The maximum Gasteiger partial charge on any atom is 0.339 e. The molecule has 0 aliphatic rings. The summed E-state index contributed by atoms with van der Waals surface area (Å²) in [5.41, 5.74) is 0.622. The number of rotatable bonds is 52. The number of carbonyl (C=O) groups is 2. The van der Waals surface area contributed by atoms with E-state index in [4.69, 9.17) is 9.47 Å². The van der Waals surface area contributed by atoms with Gasteiger partial charge in [0.05, 0.1) is 11.1 Å². The molecule has 0 unspecified atom stereocenters. The van der Waals surface area contributed by atoms with Gasteiger partial charge in [0.1, 0.15) is 13.2 Å². The van der Waals surface area contributed by atoms with Gasteiger partial charge in [-0.05, 0) is 64.0 Å². The Morgan fingerprint density at radius 2 is 0.500 bits per heavy atom. The summed E-state index contributed by atoms with van der Waals surface area (Å²) in [4.78, 5) is 32.0. The van der Waals surface area contributed by atoms with E-state index in [2.05, 4.69) is 37.5 Å². The SMILES string of the molecule is CCCCCCCCCCCCN(CCCCCCCCCCCC)CCOC(=O)c1ccccc1C(=O)OCCN(CCCCCCCCCCCC)CCCCCCCCCCCC. The highest BCUT2D eigenvalue weighted by Gasteiger charge is 2.20. The highest BCUT2D eigenvalue weighted by atomic mass is 16.5. The van der Waals surface area contributed by atoms with Crippen molar-refractivity contribution in [2.24, 2.45) is 0 Å². The Bertz CT molecular complexity index is 1040. The molecule has 0 atom stereocenters. The lowest BCUT2D eigenvalue weighted by Crippen LogP contribution is -2.31. The second kappa shape index (κ2) is 49.5. The fourth-order valence-electron chi connectivity index (χ4n) is 9.49. The van der Waals surface area contributed by atoms with Crippen molar-refractivity contribution >= 4 is 11.9 Å². The molecule has 1 rings (SSSR count). The van der Waals surface area contributed by atoms with Crippen LogP contribution in [0.1, 0.15) is 305 Å². The van der Waals surface area contributed by atoms with Gasteiger partial charge in [0, 0.05) is 13.1 Å². The van der Waals surface area contributed by atoms with Crippen molar-refractivity contribution in [3.05, 3.63) is 35.4 Å². The Morgan fingerprint density at radius 1 is 0.303 bits per heavy atom. The predicted molar refractivity (Wildman–Crippen MR) is 287 cm³/mol. The summed E-state index contributed by atoms with van der Waals surface area (Å²) >= 11 is 0. The Kier molecular flexibility index (Phi) is 46.6. The van der Waals surface area contributed by atoms with Crippen LogP contribution in [-0.2, 0) is 9.47 Å². The van der Waals surface area contributed by atoms with Crippen molar-refractivity contribution in [1.29, 1.82) is 0 Å². The number of hydrogen-bond acceptors (Lipinski definition) is 6. The van der Waals surface area contributed by atoms with Crippen LogP contribution in [0, 0.1) is 0 Å². The van der Waals surface area contributed by atoms with Crippen LogP contribution in [0.25, 0.3) is 0 Å². The molecule has 386 valence electrons. The lowest BCUT2D eigenvalue weighted by atomic mass is 10.1. The molecule has 0 spiro atoms. The lowest BCUT2D eigenvalue weighted by Gasteiger charge is -2.23. The molecule has 0 aliphatic carbocycles. The first kappa shape index (κ1) is 62.1. The molecule has 0 amide bonds. The number of carbonyl (C=O) groups excluding carboxylic acids is 2. The van der Waals surface area contributed by atoms with E-state index in [0.717, 1.165) is 39.3 Å². The third kappa shape index (κ3) is 39.0. The van der Waals surface area contributed by atoms with Crippen molar-refractivity contribution in [2.75, 3.05) is 52.5 Å². The van der Waals surface area contributed by atoms with E-state index in [-0.39, 0.29) is 0 Å². The molecule has 1 aromatic rings. The van der Waals surface area contributed by atoms with Crippen molar-refractivity contribution in [2.45, 2.75) is 285 Å². The lowest BCUT2D eigenvalue weighted by molar-refractivity contribution is 0.0413. The van der Waals surface area contributed by atoms with Gasteiger partial charge in [0.2, 0.25) is 0 Å². The second-order valence-electron chi connectivity index (χ2n) is 20.2. The third-order valence-electron chi connectivity index (χ3n) is 14.0. The smallest absolute Gasteiger partial charge is 0.339 e. The molecule has 0 saturated carbocycles. The summed E-state index contributed by atoms with van der Waals surface area (Å²) in [5, 5.41) is 0. The normalized spacial score (nSPS) is 11.6. The van der Waals surface area contributed by atoms with Gasteiger partial charge >= 0.3 is 11.9 Å². The van der Waals surface area contributed by atoms with Crippen molar-refractivity contribution in [3.8, 4) is 0 Å². The van der Waals surface area contributed by atoms with Crippen molar-refractivity contribution in [1.82, 2.24) is 9.80 Å². The van der Waals surface area contributed by atoms with Gasteiger partial charge < -0.3 is 9.47 Å². The third-order valence-corrected chi connectivity index (χ3v) is 14.0. The van der Waals surface area contributed by atoms with E-state index in [9.17, 15) is 9.59 Å². The molecule has 1 aromatic carbocycles. The first-order chi connectivity index (χ1) is 32.6. The average molecular weight is 926 g/mol. The minimum absolute atomic E-state index is 0.311. The fourth-order valence-corrected chi connectivity index (χ4v) is 9.49. The van der Waals surface area contributed by atoms with Crippen LogP contribution >= 0.6 is 0 Å². The highest BCUT2D eigenvalue weighted by molar-refractivity contribution is 6.03. The van der Waals surface area contributed by atoms with Crippen LogP contribution in [0.15, 0.2) is 24.3 Å². The van der Waals surface area contributed by atoms with Gasteiger partial charge in [-0.1, -0.05) is 271 Å². The van der Waals surface area contributed by atoms with Crippen LogP contribution in [-0.4, -0.2) is 74.2 Å². The maximum absolute atomic E-state index is 13.5. The fraction of sp³-hybridized carbons (Fsp3) is 0.867. The van der Waals surface area contributed by atoms with Gasteiger partial charge in [0.15, 0.2) is 0 Å². The molecular weight excluding hydrogens is 813 g/mol. The zero-order valence-corrected chi connectivity index (χ0v) is 44.8. The number of ether oxygens (including phenoxy) is 2. The maximum atomic E-state index is 13.5. The summed E-state index contributed by atoms with van der Waals surface area (Å²) in [5.74, 6) is -0.854. The molecular formula is C60H112N2O4. The van der Waals surface area contributed by atoms with Crippen LogP contribution in [0.5, 0.6) is 0 Å². The molecule has 0 fully saturated rings. The molecule has 0 aromatic heterocycles. The first-order valence-electron chi connectivity index (χ1n) is 29.4. The van der Waals surface area contributed by atoms with Crippen LogP contribution < -0.4 is 0 Å². The minimum atomic E-state index is -0.427. The Morgan fingerprint density at radius 3 is 0.712 bits per heavy atom. The molecule has 0 heterocycles. The topological polar surface area (TPSA) is 59.1 Å². The highest BCUT2D eigenvalue weighted by Crippen LogP contribution is 2.17. The van der Waals surface area contributed by atoms with Gasteiger partial charge in [0.25, 0.3) is 0 Å². The molecule has 0 saturated heterocycles. The average Bonchev–Trinajstić information content (AvgIpc) is 3.33. The predicted octanol–water partition coefficient (Wildman–Crippen LogP) is 18.3. The summed E-state index contributed by atoms with van der Waals surface area (Å²) < 4.78 is 11.8. The largest absolute Gasteiger partial charge is 0.461 e. The zero-order chi connectivity index (χ0) is 47.6. The van der Waals surface area contributed by atoms with E-state index in [0.29, 0.717) is 24.3 Å². The molecule has 6 heteroatoms. The van der Waals surface area contributed by atoms with Crippen LogP contribution in [0.3, 0.4) is 0 Å². The number of unbranched alkanes of at least 4 members (excludes halogenated alkanes) is 36. The van der Waals surface area contributed by atoms with Gasteiger partial charge in [-0.15, -0.1) is 0 Å². The zero-order valence-electron chi connectivity index (χ0n) is 44.8. The van der Waals surface area contributed by atoms with E-state index in [1.165, 1.54) is 257 Å². The molecule has 0 aliphatic heterocycles. The summed E-state index contributed by atoms with van der Waals surface area (Å²) in [6.07, 6.45) is 53.5. The first-order valence-corrected chi connectivity index (χ1v) is 29.4. The Balaban J connectivity index is 2.64. The van der Waals surface area contributed by atoms with Gasteiger partial charge in [-0.2, -0.15) is 0 Å². The van der Waals surface area contributed by atoms with E-state index >= 15 is 0 Å². The van der Waals surface area contributed by atoms with E-state index in [1.54, 1.807) is 12.1 Å². The summed E-state index contributed by atoms with van der Waals surface area (Å²) in [7, 11) is 0. The molecule has 66 heavy (non-hydrogen) atoms. The van der Waals surface area contributed by atoms with Crippen LogP contribution in [0.4, 0.5) is 0 Å². The number of nitrogens with zero attached hydrogens (tertiary/aromatic N) is 2. The van der Waals surface area contributed by atoms with Crippen molar-refractivity contribution in [3.63, 3.8) is 0 Å². The van der Waals surface area contributed by atoms with Gasteiger partial charge in [-0.3, -0.25) is 9.80 Å². The van der Waals surface area contributed by atoms with E-state index < -0.39 is 11.9 Å². The summed E-state index contributed by atoms with van der Waals surface area (Å²) in [6.45, 7) is 15.5.